The Morgan fingerprint density at radius 3 is 1.12 bits per heavy atom. The molecule has 0 saturated heterocycles. The van der Waals surface area contributed by atoms with Crippen LogP contribution in [0.25, 0.3) is 54.4 Å². The van der Waals surface area contributed by atoms with Crippen molar-refractivity contribution in [2.75, 3.05) is 28.2 Å². The van der Waals surface area contributed by atoms with Crippen molar-refractivity contribution in [1.82, 2.24) is 0 Å². The van der Waals surface area contributed by atoms with Crippen LogP contribution < -0.4 is 0 Å². The van der Waals surface area contributed by atoms with Gasteiger partial charge < -0.3 is 10.6 Å². The van der Waals surface area contributed by atoms with E-state index in [1.807, 2.05) is 0 Å². The topological polar surface area (TPSA) is 28.2 Å². The van der Waals surface area contributed by atoms with Crippen molar-refractivity contribution < 1.29 is 26.2 Å². The fourth-order valence-corrected chi connectivity index (χ4v) is 7.33. The van der Waals surface area contributed by atoms with Crippen LogP contribution in [0.15, 0.2) is 97.1 Å². The Hall–Kier alpha value is -3.10. The van der Waals surface area contributed by atoms with Gasteiger partial charge in [-0.1, -0.05) is 140 Å². The third-order valence-corrected chi connectivity index (χ3v) is 9.84. The molecule has 0 fully saturated rings. The SMILES string of the molecule is CCc1[cH-]c2cccc(-c3ccc(C(C)(C)C)cc3)c2c1C(C)c1c(CC)[cH-]c2cccc(-c3ccc(C(C)(C)C)cc3)c12.C[N-]C.C[N-]C.[Zr+4]. The van der Waals surface area contributed by atoms with Crippen LogP contribution in [0.4, 0.5) is 0 Å². The van der Waals surface area contributed by atoms with Crippen molar-refractivity contribution in [3.63, 3.8) is 0 Å². The van der Waals surface area contributed by atoms with Crippen molar-refractivity contribution >= 4 is 21.5 Å². The Bertz CT molecular complexity index is 1830. The molecule has 0 aliphatic heterocycles. The number of benzene rings is 4. The molecule has 0 unspecified atom stereocenters. The van der Waals surface area contributed by atoms with E-state index >= 15 is 0 Å². The van der Waals surface area contributed by atoms with Crippen molar-refractivity contribution in [3.8, 4) is 22.3 Å². The van der Waals surface area contributed by atoms with Gasteiger partial charge in [0.05, 0.1) is 0 Å². The third-order valence-electron chi connectivity index (χ3n) is 9.84. The first-order valence-electron chi connectivity index (χ1n) is 18.4. The fraction of sp³-hybridized carbons (Fsp3) is 0.375. The number of nitrogens with zero attached hydrogens (tertiary/aromatic N) is 2. The first-order chi connectivity index (χ1) is 23.7. The molecule has 51 heavy (non-hydrogen) atoms. The summed E-state index contributed by atoms with van der Waals surface area (Å²) in [5.41, 5.74) is 14.2. The second-order valence-electron chi connectivity index (χ2n) is 15.7. The summed E-state index contributed by atoms with van der Waals surface area (Å²) in [6, 6.07) is 37.2. The molecule has 0 heterocycles. The molecule has 266 valence electrons. The molecular formula is C48H60N2Zr. The zero-order valence-electron chi connectivity index (χ0n) is 33.6. The normalized spacial score (nSPS) is 11.6. The molecule has 0 spiro atoms. The van der Waals surface area contributed by atoms with Gasteiger partial charge >= 0.3 is 26.2 Å². The number of hydrogen-bond acceptors (Lipinski definition) is 0. The van der Waals surface area contributed by atoms with Crippen LogP contribution in [0.1, 0.15) is 102 Å². The van der Waals surface area contributed by atoms with E-state index in [9.17, 15) is 0 Å². The van der Waals surface area contributed by atoms with Gasteiger partial charge in [-0.2, -0.15) is 39.3 Å². The van der Waals surface area contributed by atoms with Crippen molar-refractivity contribution in [2.24, 2.45) is 0 Å². The fourth-order valence-electron chi connectivity index (χ4n) is 7.33. The van der Waals surface area contributed by atoms with E-state index < -0.39 is 0 Å². The van der Waals surface area contributed by atoms with Crippen molar-refractivity contribution in [1.29, 1.82) is 0 Å². The predicted molar refractivity (Wildman–Crippen MR) is 224 cm³/mol. The maximum atomic E-state index is 3.50. The molecule has 0 saturated carbocycles. The molecule has 2 nitrogen and oxygen atoms in total. The van der Waals surface area contributed by atoms with Gasteiger partial charge in [-0.15, -0.1) is 69.1 Å². The molecule has 6 rings (SSSR count). The van der Waals surface area contributed by atoms with Crippen molar-refractivity contribution in [3.05, 3.63) is 141 Å². The van der Waals surface area contributed by atoms with Crippen LogP contribution in [0.2, 0.25) is 0 Å². The van der Waals surface area contributed by atoms with E-state index in [4.69, 9.17) is 0 Å². The molecule has 0 bridgehead atoms. The average molecular weight is 756 g/mol. The van der Waals surface area contributed by atoms with E-state index in [0.717, 1.165) is 12.8 Å². The van der Waals surface area contributed by atoms with Gasteiger partial charge in [0.2, 0.25) is 0 Å². The van der Waals surface area contributed by atoms with Crippen LogP contribution in [0.3, 0.4) is 0 Å². The second-order valence-corrected chi connectivity index (χ2v) is 15.7. The van der Waals surface area contributed by atoms with Gasteiger partial charge in [0.1, 0.15) is 0 Å². The second kappa shape index (κ2) is 18.1. The first-order valence-corrected chi connectivity index (χ1v) is 18.4. The molecule has 6 aromatic rings. The number of hydrogen-bond donors (Lipinski definition) is 0. The molecule has 0 amide bonds. The monoisotopic (exact) mass is 754 g/mol. The Morgan fingerprint density at radius 2 is 0.843 bits per heavy atom. The van der Waals surface area contributed by atoms with Gasteiger partial charge in [0.15, 0.2) is 0 Å². The molecule has 0 aliphatic carbocycles. The summed E-state index contributed by atoms with van der Waals surface area (Å²) >= 11 is 0. The summed E-state index contributed by atoms with van der Waals surface area (Å²) in [5, 5.41) is 12.5. The van der Waals surface area contributed by atoms with E-state index in [1.165, 1.54) is 77.2 Å². The Morgan fingerprint density at radius 1 is 0.529 bits per heavy atom. The predicted octanol–water partition coefficient (Wildman–Crippen LogP) is 13.9. The van der Waals surface area contributed by atoms with E-state index in [0.29, 0.717) is 0 Å². The van der Waals surface area contributed by atoms with Crippen LogP contribution in [-0.4, -0.2) is 28.2 Å². The van der Waals surface area contributed by atoms with Crippen LogP contribution in [0.5, 0.6) is 0 Å². The number of fused-ring (bicyclic) bond motifs is 2. The van der Waals surface area contributed by atoms with Gasteiger partial charge in [0, 0.05) is 0 Å². The smallest absolute Gasteiger partial charge is 0.668 e. The number of aryl methyl sites for hydroxylation is 2. The zero-order chi connectivity index (χ0) is 36.8. The average Bonchev–Trinajstić information content (AvgIpc) is 3.67. The molecule has 3 heteroatoms. The molecule has 0 aromatic heterocycles. The summed E-state index contributed by atoms with van der Waals surface area (Å²) in [6.07, 6.45) is 2.05. The van der Waals surface area contributed by atoms with Gasteiger partial charge in [0.25, 0.3) is 0 Å². The van der Waals surface area contributed by atoms with Gasteiger partial charge in [-0.25, -0.2) is 0 Å². The Kier molecular flexibility index (Phi) is 15.0. The van der Waals surface area contributed by atoms with Crippen molar-refractivity contribution in [2.45, 2.75) is 91.9 Å². The first kappa shape index (κ1) is 42.3. The zero-order valence-corrected chi connectivity index (χ0v) is 36.1. The minimum atomic E-state index is 0. The van der Waals surface area contributed by atoms with Gasteiger partial charge in [-0.3, -0.25) is 0 Å². The van der Waals surface area contributed by atoms with E-state index in [-0.39, 0.29) is 43.0 Å². The van der Waals surface area contributed by atoms with E-state index in [2.05, 4.69) is 170 Å². The minimum Gasteiger partial charge on any atom is -0.668 e. The molecule has 0 atom stereocenters. The summed E-state index contributed by atoms with van der Waals surface area (Å²) in [5.74, 6) is 0.264. The Labute approximate surface area is 329 Å². The Balaban J connectivity index is 0.000000939. The standard InChI is InChI=1S/C44H48.2C2H6N.Zr/c1-10-29-26-33-14-12-16-37(31-18-22-35(23-19-31)43(4,5)6)41(33)39(29)28(3)40-30(11-2)27-34-15-13-17-38(42(34)40)32-20-24-36(25-21-32)44(7,8)9;2*1-3-2;/h12-28H,10-11H2,1-9H3;2*1-2H3;/q-2;2*-1;+4. The summed E-state index contributed by atoms with van der Waals surface area (Å²) in [6.45, 7) is 20.8. The summed E-state index contributed by atoms with van der Waals surface area (Å²) in [7, 11) is 7.00. The van der Waals surface area contributed by atoms with Crippen LogP contribution in [0, 0.1) is 0 Å². The molecular weight excluding hydrogens is 696 g/mol. The van der Waals surface area contributed by atoms with Crippen LogP contribution in [-0.2, 0) is 49.9 Å². The molecule has 0 radical (unpaired) electrons. The number of rotatable bonds is 6. The molecule has 0 aliphatic rings. The minimum absolute atomic E-state index is 0. The van der Waals surface area contributed by atoms with Crippen LogP contribution >= 0.6 is 0 Å². The maximum absolute atomic E-state index is 3.50. The summed E-state index contributed by atoms with van der Waals surface area (Å²) < 4.78 is 0. The molecule has 6 aromatic carbocycles. The summed E-state index contributed by atoms with van der Waals surface area (Å²) in [4.78, 5) is 0. The largest absolute Gasteiger partial charge is 4.00 e. The third kappa shape index (κ3) is 9.29. The van der Waals surface area contributed by atoms with E-state index in [1.54, 1.807) is 28.2 Å². The molecule has 0 N–H and O–H groups in total. The maximum Gasteiger partial charge on any atom is 4.00 e. The quantitative estimate of drug-likeness (QED) is 0.151. The van der Waals surface area contributed by atoms with Gasteiger partial charge in [-0.05, 0) is 45.9 Å².